The minimum absolute atomic E-state index is 0.0309. The molecule has 7 heteroatoms. The van der Waals surface area contributed by atoms with Gasteiger partial charge in [0.15, 0.2) is 0 Å². The summed E-state index contributed by atoms with van der Waals surface area (Å²) >= 11 is 0. The van der Waals surface area contributed by atoms with Crippen LogP contribution < -0.4 is 11.1 Å². The normalized spacial score (nSPS) is 33.7. The molecule has 4 nitrogen and oxygen atoms in total. The molecule has 2 fully saturated rings. The highest BCUT2D eigenvalue weighted by Gasteiger charge is 2.52. The zero-order chi connectivity index (χ0) is 13.6. The van der Waals surface area contributed by atoms with Gasteiger partial charge in [0, 0.05) is 24.8 Å². The van der Waals surface area contributed by atoms with Gasteiger partial charge in [0.05, 0.1) is 17.7 Å². The number of nitrogens with one attached hydrogen (secondary N) is 1. The summed E-state index contributed by atoms with van der Waals surface area (Å²) in [7, 11) is 0. The van der Waals surface area contributed by atoms with E-state index in [0.717, 1.165) is 18.7 Å². The highest BCUT2D eigenvalue weighted by molar-refractivity contribution is 5.40. The summed E-state index contributed by atoms with van der Waals surface area (Å²) in [6.45, 7) is 0.696. The molecular formula is C12H14F3N3O. The molecule has 0 spiro atoms. The smallest absolute Gasteiger partial charge is 0.376 e. The molecule has 1 saturated heterocycles. The summed E-state index contributed by atoms with van der Waals surface area (Å²) in [6.07, 6.45) is -2.54. The number of pyridine rings is 1. The molecule has 1 aromatic heterocycles. The third kappa shape index (κ3) is 2.17. The van der Waals surface area contributed by atoms with Crippen LogP contribution in [0, 0.1) is 5.92 Å². The van der Waals surface area contributed by atoms with Crippen LogP contribution in [0.15, 0.2) is 18.3 Å². The van der Waals surface area contributed by atoms with Gasteiger partial charge in [-0.05, 0) is 18.6 Å². The van der Waals surface area contributed by atoms with E-state index in [0.29, 0.717) is 18.3 Å². The average Bonchev–Trinajstić information content (AvgIpc) is 2.80. The van der Waals surface area contributed by atoms with Gasteiger partial charge in [0.25, 0.3) is 0 Å². The first-order valence-corrected chi connectivity index (χ1v) is 6.14. The molecule has 1 aliphatic heterocycles. The number of anilines is 1. The van der Waals surface area contributed by atoms with Gasteiger partial charge in [-0.25, -0.2) is 4.98 Å². The van der Waals surface area contributed by atoms with Gasteiger partial charge in [0.1, 0.15) is 5.82 Å². The number of hydrogen-bond acceptors (Lipinski definition) is 4. The Morgan fingerprint density at radius 3 is 2.79 bits per heavy atom. The lowest BCUT2D eigenvalue weighted by Gasteiger charge is -2.45. The molecule has 2 heterocycles. The minimum atomic E-state index is -4.36. The van der Waals surface area contributed by atoms with Crippen LogP contribution >= 0.6 is 0 Å². The second kappa shape index (κ2) is 4.35. The average molecular weight is 273 g/mol. The lowest BCUT2D eigenvalue weighted by molar-refractivity contribution is -0.137. The minimum Gasteiger partial charge on any atom is -0.376 e. The molecule has 104 valence electrons. The predicted octanol–water partition coefficient (Wildman–Crippen LogP) is 1.63. The summed E-state index contributed by atoms with van der Waals surface area (Å²) in [6, 6.07) is 2.22. The van der Waals surface area contributed by atoms with Crippen molar-refractivity contribution in [2.75, 3.05) is 11.9 Å². The first-order chi connectivity index (χ1) is 8.97. The van der Waals surface area contributed by atoms with Crippen molar-refractivity contribution in [1.29, 1.82) is 0 Å². The largest absolute Gasteiger partial charge is 0.417 e. The molecule has 19 heavy (non-hydrogen) atoms. The fraction of sp³-hybridized carbons (Fsp3) is 0.583. The molecular weight excluding hydrogens is 259 g/mol. The SMILES string of the molecule is NC1C2CCOC2C1Nc1ccc(C(F)(F)F)cn1. The van der Waals surface area contributed by atoms with Crippen LogP contribution in [0.1, 0.15) is 12.0 Å². The Labute approximate surface area is 108 Å². The Kier molecular flexibility index (Phi) is 2.90. The molecule has 2 aliphatic rings. The van der Waals surface area contributed by atoms with Crippen molar-refractivity contribution in [2.24, 2.45) is 11.7 Å². The standard InChI is InChI=1S/C12H14F3N3O/c13-12(14,15)6-1-2-8(17-5-6)18-10-9(16)7-3-4-19-11(7)10/h1-2,5,7,9-11H,3-4,16H2,(H,17,18). The Balaban J connectivity index is 1.67. The third-order valence-electron chi connectivity index (χ3n) is 3.85. The Morgan fingerprint density at radius 1 is 1.37 bits per heavy atom. The summed E-state index contributed by atoms with van der Waals surface area (Å²) in [4.78, 5) is 3.77. The van der Waals surface area contributed by atoms with E-state index in [-0.39, 0.29) is 18.2 Å². The number of aromatic nitrogens is 1. The number of hydrogen-bond donors (Lipinski definition) is 2. The van der Waals surface area contributed by atoms with Crippen molar-refractivity contribution in [2.45, 2.75) is 30.8 Å². The molecule has 3 N–H and O–H groups in total. The number of nitrogens with zero attached hydrogens (tertiary/aromatic N) is 1. The quantitative estimate of drug-likeness (QED) is 0.859. The number of rotatable bonds is 2. The molecule has 0 amide bonds. The van der Waals surface area contributed by atoms with Crippen molar-refractivity contribution in [3.63, 3.8) is 0 Å². The number of ether oxygens (including phenoxy) is 1. The van der Waals surface area contributed by atoms with Crippen LogP contribution in [0.5, 0.6) is 0 Å². The van der Waals surface area contributed by atoms with Gasteiger partial charge in [0.2, 0.25) is 0 Å². The summed E-state index contributed by atoms with van der Waals surface area (Å²) in [5.41, 5.74) is 5.25. The van der Waals surface area contributed by atoms with Gasteiger partial charge in [-0.3, -0.25) is 0 Å². The van der Waals surface area contributed by atoms with E-state index in [9.17, 15) is 13.2 Å². The highest BCUT2D eigenvalue weighted by Crippen LogP contribution is 2.39. The number of halogens is 3. The topological polar surface area (TPSA) is 60.2 Å². The van der Waals surface area contributed by atoms with Crippen molar-refractivity contribution in [3.05, 3.63) is 23.9 Å². The highest BCUT2D eigenvalue weighted by atomic mass is 19.4. The maximum atomic E-state index is 12.4. The van der Waals surface area contributed by atoms with Crippen LogP contribution in [-0.4, -0.2) is 29.8 Å². The molecule has 1 aromatic rings. The fourth-order valence-corrected chi connectivity index (χ4v) is 2.75. The summed E-state index contributed by atoms with van der Waals surface area (Å²) in [5, 5.41) is 3.05. The van der Waals surface area contributed by atoms with E-state index in [1.165, 1.54) is 6.07 Å². The van der Waals surface area contributed by atoms with Crippen LogP contribution in [0.2, 0.25) is 0 Å². The summed E-state index contributed by atoms with van der Waals surface area (Å²) in [5.74, 6) is 0.745. The first-order valence-electron chi connectivity index (χ1n) is 6.14. The monoisotopic (exact) mass is 273 g/mol. The van der Waals surface area contributed by atoms with Crippen LogP contribution in [-0.2, 0) is 10.9 Å². The predicted molar refractivity (Wildman–Crippen MR) is 62.5 cm³/mol. The second-order valence-corrected chi connectivity index (χ2v) is 4.97. The third-order valence-corrected chi connectivity index (χ3v) is 3.85. The van der Waals surface area contributed by atoms with Gasteiger partial charge in [-0.15, -0.1) is 0 Å². The van der Waals surface area contributed by atoms with Crippen LogP contribution in [0.25, 0.3) is 0 Å². The lowest BCUT2D eigenvalue weighted by atomic mass is 9.72. The molecule has 0 bridgehead atoms. The fourth-order valence-electron chi connectivity index (χ4n) is 2.75. The van der Waals surface area contributed by atoms with Gasteiger partial charge in [-0.1, -0.05) is 0 Å². The first kappa shape index (κ1) is 12.7. The number of nitrogens with two attached hydrogens (primary N) is 1. The number of alkyl halides is 3. The van der Waals surface area contributed by atoms with Crippen LogP contribution in [0.4, 0.5) is 19.0 Å². The van der Waals surface area contributed by atoms with E-state index in [2.05, 4.69) is 10.3 Å². The second-order valence-electron chi connectivity index (χ2n) is 4.97. The van der Waals surface area contributed by atoms with E-state index in [1.54, 1.807) is 0 Å². The number of fused-ring (bicyclic) bond motifs is 1. The van der Waals surface area contributed by atoms with E-state index in [4.69, 9.17) is 10.5 Å². The van der Waals surface area contributed by atoms with E-state index in [1.807, 2.05) is 0 Å². The van der Waals surface area contributed by atoms with Crippen molar-refractivity contribution in [1.82, 2.24) is 4.98 Å². The molecule has 1 saturated carbocycles. The maximum absolute atomic E-state index is 12.4. The van der Waals surface area contributed by atoms with E-state index < -0.39 is 11.7 Å². The maximum Gasteiger partial charge on any atom is 0.417 e. The molecule has 4 unspecified atom stereocenters. The van der Waals surface area contributed by atoms with Crippen molar-refractivity contribution >= 4 is 5.82 Å². The van der Waals surface area contributed by atoms with E-state index >= 15 is 0 Å². The summed E-state index contributed by atoms with van der Waals surface area (Å²) < 4.78 is 42.7. The molecule has 3 rings (SSSR count). The van der Waals surface area contributed by atoms with Gasteiger partial charge in [-0.2, -0.15) is 13.2 Å². The Morgan fingerprint density at radius 2 is 2.16 bits per heavy atom. The molecule has 4 atom stereocenters. The van der Waals surface area contributed by atoms with Gasteiger partial charge < -0.3 is 15.8 Å². The molecule has 0 radical (unpaired) electrons. The lowest BCUT2D eigenvalue weighted by Crippen LogP contribution is -2.65. The zero-order valence-corrected chi connectivity index (χ0v) is 10.0. The van der Waals surface area contributed by atoms with Crippen LogP contribution in [0.3, 0.4) is 0 Å². The molecule has 1 aliphatic carbocycles. The van der Waals surface area contributed by atoms with Crippen molar-refractivity contribution < 1.29 is 17.9 Å². The Bertz CT molecular complexity index is 462. The van der Waals surface area contributed by atoms with Gasteiger partial charge >= 0.3 is 6.18 Å². The van der Waals surface area contributed by atoms with Crippen molar-refractivity contribution in [3.8, 4) is 0 Å². The zero-order valence-electron chi connectivity index (χ0n) is 10.0. The Hall–Kier alpha value is -1.34. The molecule has 0 aromatic carbocycles.